The molecule has 15 heavy (non-hydrogen) atoms. The fourth-order valence-corrected chi connectivity index (χ4v) is 2.01. The molecule has 0 aromatic heterocycles. The molecular formula is C13H24O2. The van der Waals surface area contributed by atoms with E-state index in [2.05, 4.69) is 6.92 Å². The Hall–Kier alpha value is -0.370. The second-order valence-corrected chi connectivity index (χ2v) is 4.66. The average molecular weight is 212 g/mol. The molecule has 0 aromatic rings. The van der Waals surface area contributed by atoms with Crippen molar-refractivity contribution in [2.24, 2.45) is 0 Å². The van der Waals surface area contributed by atoms with E-state index >= 15 is 0 Å². The maximum Gasteiger partial charge on any atom is 0.129 e. The van der Waals surface area contributed by atoms with Crippen molar-refractivity contribution in [2.75, 3.05) is 0 Å². The van der Waals surface area contributed by atoms with Crippen LogP contribution in [-0.4, -0.2) is 18.0 Å². The van der Waals surface area contributed by atoms with Gasteiger partial charge in [0.2, 0.25) is 0 Å². The molecule has 1 saturated heterocycles. The van der Waals surface area contributed by atoms with Crippen LogP contribution in [0.1, 0.15) is 65.2 Å². The lowest BCUT2D eigenvalue weighted by atomic mass is 10.1. The van der Waals surface area contributed by atoms with Crippen LogP contribution in [0.4, 0.5) is 0 Å². The Morgan fingerprint density at radius 1 is 1.07 bits per heavy atom. The largest absolute Gasteiger partial charge is 0.370 e. The van der Waals surface area contributed by atoms with Crippen LogP contribution in [0.2, 0.25) is 0 Å². The number of unbranched alkanes of at least 4 members (excludes halogenated alkanes) is 3. The van der Waals surface area contributed by atoms with Crippen LogP contribution < -0.4 is 0 Å². The lowest BCUT2D eigenvalue weighted by Crippen LogP contribution is -1.96. The zero-order chi connectivity index (χ0) is 11.1. The van der Waals surface area contributed by atoms with E-state index in [4.69, 9.17) is 4.74 Å². The average Bonchev–Trinajstić information content (AvgIpc) is 2.91. The number of hydrogen-bond acceptors (Lipinski definition) is 2. The zero-order valence-corrected chi connectivity index (χ0v) is 10.1. The van der Waals surface area contributed by atoms with Gasteiger partial charge in [0.05, 0.1) is 12.2 Å². The molecule has 1 aliphatic heterocycles. The van der Waals surface area contributed by atoms with Crippen LogP contribution in [-0.2, 0) is 9.53 Å². The van der Waals surface area contributed by atoms with Crippen LogP contribution in [0.3, 0.4) is 0 Å². The van der Waals surface area contributed by atoms with Crippen molar-refractivity contribution in [2.45, 2.75) is 77.4 Å². The van der Waals surface area contributed by atoms with E-state index in [-0.39, 0.29) is 0 Å². The highest BCUT2D eigenvalue weighted by Gasteiger charge is 2.36. The molecule has 1 aliphatic rings. The van der Waals surface area contributed by atoms with Crippen LogP contribution in [0.25, 0.3) is 0 Å². The molecule has 0 unspecified atom stereocenters. The Morgan fingerprint density at radius 3 is 2.33 bits per heavy atom. The fourth-order valence-electron chi connectivity index (χ4n) is 2.01. The van der Waals surface area contributed by atoms with Gasteiger partial charge >= 0.3 is 0 Å². The molecule has 2 nitrogen and oxygen atoms in total. The first-order chi connectivity index (χ1) is 7.24. The third-order valence-corrected chi connectivity index (χ3v) is 3.05. The zero-order valence-electron chi connectivity index (χ0n) is 10.1. The summed E-state index contributed by atoms with van der Waals surface area (Å²) in [6, 6.07) is 0. The molecule has 0 radical (unpaired) electrons. The monoisotopic (exact) mass is 212 g/mol. The molecule has 0 aromatic carbocycles. The minimum atomic E-state index is 0.301. The summed E-state index contributed by atoms with van der Waals surface area (Å²) in [6.07, 6.45) is 10.3. The van der Waals surface area contributed by atoms with E-state index in [0.29, 0.717) is 18.0 Å². The summed E-state index contributed by atoms with van der Waals surface area (Å²) in [7, 11) is 0. The summed E-state index contributed by atoms with van der Waals surface area (Å²) < 4.78 is 5.57. The van der Waals surface area contributed by atoms with Crippen molar-refractivity contribution in [3.05, 3.63) is 0 Å². The normalized spacial score (nSPS) is 24.1. The number of Topliss-reactive ketones (excluding diaryl/α,β-unsaturated/α-hetero) is 1. The predicted molar refractivity (Wildman–Crippen MR) is 62.0 cm³/mol. The van der Waals surface area contributed by atoms with Crippen LogP contribution in [0.15, 0.2) is 0 Å². The Labute approximate surface area is 93.4 Å². The highest BCUT2D eigenvalue weighted by Crippen LogP contribution is 2.31. The molecule has 0 bridgehead atoms. The van der Waals surface area contributed by atoms with Crippen LogP contribution in [0.5, 0.6) is 0 Å². The summed E-state index contributed by atoms with van der Waals surface area (Å²) >= 11 is 0. The SMILES string of the molecule is CCCCCC[C@@H]1O[C@@H]1CCCC(C)=O. The smallest absolute Gasteiger partial charge is 0.129 e. The summed E-state index contributed by atoms with van der Waals surface area (Å²) in [4.78, 5) is 10.7. The number of hydrogen-bond donors (Lipinski definition) is 0. The molecule has 2 atom stereocenters. The van der Waals surface area contributed by atoms with Gasteiger partial charge in [-0.25, -0.2) is 0 Å². The maximum atomic E-state index is 10.7. The number of ketones is 1. The summed E-state index contributed by atoms with van der Waals surface area (Å²) in [5, 5.41) is 0. The molecule has 1 rings (SSSR count). The number of carbonyl (C=O) groups is 1. The summed E-state index contributed by atoms with van der Waals surface area (Å²) in [5.41, 5.74) is 0. The second kappa shape index (κ2) is 7.00. The lowest BCUT2D eigenvalue weighted by molar-refractivity contribution is -0.117. The minimum absolute atomic E-state index is 0.301. The lowest BCUT2D eigenvalue weighted by Gasteiger charge is -1.96. The first-order valence-corrected chi connectivity index (χ1v) is 6.39. The van der Waals surface area contributed by atoms with E-state index in [0.717, 1.165) is 19.3 Å². The maximum absolute atomic E-state index is 10.7. The molecule has 0 N–H and O–H groups in total. The number of carbonyl (C=O) groups excluding carboxylic acids is 1. The van der Waals surface area contributed by atoms with Crippen LogP contribution in [0, 0.1) is 0 Å². The van der Waals surface area contributed by atoms with E-state index in [1.165, 1.54) is 32.1 Å². The van der Waals surface area contributed by atoms with Gasteiger partial charge in [-0.1, -0.05) is 32.6 Å². The fraction of sp³-hybridized carbons (Fsp3) is 0.923. The van der Waals surface area contributed by atoms with Gasteiger partial charge in [-0.3, -0.25) is 0 Å². The predicted octanol–water partition coefficient (Wildman–Crippen LogP) is 3.48. The molecule has 2 heteroatoms. The van der Waals surface area contributed by atoms with Gasteiger partial charge in [0.25, 0.3) is 0 Å². The summed E-state index contributed by atoms with van der Waals surface area (Å²) in [6.45, 7) is 3.90. The van der Waals surface area contributed by atoms with Gasteiger partial charge in [0.1, 0.15) is 5.78 Å². The quantitative estimate of drug-likeness (QED) is 0.432. The van der Waals surface area contributed by atoms with Gasteiger partial charge in [-0.05, 0) is 26.2 Å². The topological polar surface area (TPSA) is 29.6 Å². The molecule has 1 fully saturated rings. The third kappa shape index (κ3) is 5.93. The van der Waals surface area contributed by atoms with Gasteiger partial charge in [0, 0.05) is 6.42 Å². The molecule has 0 amide bonds. The summed E-state index contributed by atoms with van der Waals surface area (Å²) in [5.74, 6) is 0.301. The molecule has 0 aliphatic carbocycles. The Morgan fingerprint density at radius 2 is 1.73 bits per heavy atom. The van der Waals surface area contributed by atoms with Crippen molar-refractivity contribution in [3.63, 3.8) is 0 Å². The highest BCUT2D eigenvalue weighted by atomic mass is 16.6. The molecule has 0 saturated carbocycles. The first kappa shape index (κ1) is 12.7. The van der Waals surface area contributed by atoms with Gasteiger partial charge < -0.3 is 9.53 Å². The van der Waals surface area contributed by atoms with Crippen molar-refractivity contribution in [1.29, 1.82) is 0 Å². The van der Waals surface area contributed by atoms with E-state index in [1.807, 2.05) is 0 Å². The van der Waals surface area contributed by atoms with Gasteiger partial charge in [-0.15, -0.1) is 0 Å². The number of epoxide rings is 1. The Balaban J connectivity index is 1.87. The number of ether oxygens (including phenoxy) is 1. The van der Waals surface area contributed by atoms with Crippen molar-refractivity contribution in [1.82, 2.24) is 0 Å². The minimum Gasteiger partial charge on any atom is -0.370 e. The first-order valence-electron chi connectivity index (χ1n) is 6.39. The van der Waals surface area contributed by atoms with E-state index < -0.39 is 0 Å². The van der Waals surface area contributed by atoms with Crippen LogP contribution >= 0.6 is 0 Å². The standard InChI is InChI=1S/C13H24O2/c1-3-4-5-6-9-12-13(15-12)10-7-8-11(2)14/h12-13H,3-10H2,1-2H3/t12-,13+/m0/s1. The van der Waals surface area contributed by atoms with Gasteiger partial charge in [0.15, 0.2) is 0 Å². The van der Waals surface area contributed by atoms with Crippen molar-refractivity contribution >= 4 is 5.78 Å². The Kier molecular flexibility index (Phi) is 5.92. The highest BCUT2D eigenvalue weighted by molar-refractivity contribution is 5.75. The molecule has 0 spiro atoms. The molecule has 1 heterocycles. The molecular weight excluding hydrogens is 188 g/mol. The van der Waals surface area contributed by atoms with E-state index in [1.54, 1.807) is 6.92 Å². The number of rotatable bonds is 9. The van der Waals surface area contributed by atoms with E-state index in [9.17, 15) is 4.79 Å². The van der Waals surface area contributed by atoms with Gasteiger partial charge in [-0.2, -0.15) is 0 Å². The second-order valence-electron chi connectivity index (χ2n) is 4.66. The van der Waals surface area contributed by atoms with Crippen molar-refractivity contribution in [3.8, 4) is 0 Å². The third-order valence-electron chi connectivity index (χ3n) is 3.05. The Bertz CT molecular complexity index is 189. The van der Waals surface area contributed by atoms with Crippen molar-refractivity contribution < 1.29 is 9.53 Å². The molecule has 88 valence electrons.